The summed E-state index contributed by atoms with van der Waals surface area (Å²) in [7, 11) is 0. The molecule has 0 unspecified atom stereocenters. The molecule has 3 N–H and O–H groups in total. The minimum absolute atomic E-state index is 0.203. The van der Waals surface area contributed by atoms with Crippen LogP contribution in [0.3, 0.4) is 0 Å². The van der Waals surface area contributed by atoms with Crippen LogP contribution in [-0.2, 0) is 6.42 Å². The molecule has 0 radical (unpaired) electrons. The Bertz CT molecular complexity index is 474. The largest absolute Gasteiger partial charge is 0.409 e. The van der Waals surface area contributed by atoms with E-state index in [0.29, 0.717) is 6.42 Å². The molecule has 0 aliphatic rings. The Morgan fingerprint density at radius 3 is 3.29 bits per heavy atom. The van der Waals surface area contributed by atoms with Crippen molar-refractivity contribution in [2.24, 2.45) is 10.9 Å². The second-order valence-electron chi connectivity index (χ2n) is 3.03. The first-order chi connectivity index (χ1) is 6.79. The van der Waals surface area contributed by atoms with Crippen LogP contribution in [0, 0.1) is 0 Å². The third-order valence-electron chi connectivity index (χ3n) is 1.99. The summed E-state index contributed by atoms with van der Waals surface area (Å²) in [5.74, 6) is 0.203. The van der Waals surface area contributed by atoms with Crippen molar-refractivity contribution in [1.29, 1.82) is 0 Å². The summed E-state index contributed by atoms with van der Waals surface area (Å²) in [6.45, 7) is 0. The lowest BCUT2D eigenvalue weighted by molar-refractivity contribution is 0.317. The maximum atomic E-state index is 8.41. The van der Waals surface area contributed by atoms with Crippen LogP contribution < -0.4 is 5.73 Å². The highest BCUT2D eigenvalue weighted by atomic mass is 16.4. The molecule has 0 bridgehead atoms. The van der Waals surface area contributed by atoms with Gasteiger partial charge in [0.05, 0.1) is 18.0 Å². The summed E-state index contributed by atoms with van der Waals surface area (Å²) in [6.07, 6.45) is 5.82. The molecule has 2 aromatic heterocycles. The molecule has 0 spiro atoms. The van der Waals surface area contributed by atoms with Crippen molar-refractivity contribution in [3.8, 4) is 0 Å². The van der Waals surface area contributed by atoms with Gasteiger partial charge in [-0.3, -0.25) is 0 Å². The molecule has 0 atom stereocenters. The number of imidazole rings is 1. The molecule has 0 amide bonds. The lowest BCUT2D eigenvalue weighted by atomic mass is 10.2. The lowest BCUT2D eigenvalue weighted by Gasteiger charge is -2.00. The third kappa shape index (κ3) is 1.52. The van der Waals surface area contributed by atoms with Gasteiger partial charge in [0.15, 0.2) is 0 Å². The third-order valence-corrected chi connectivity index (χ3v) is 1.99. The smallest absolute Gasteiger partial charge is 0.143 e. The van der Waals surface area contributed by atoms with Crippen LogP contribution in [0.4, 0.5) is 0 Å². The summed E-state index contributed by atoms with van der Waals surface area (Å²) < 4.78 is 1.90. The molecule has 5 heteroatoms. The predicted molar refractivity (Wildman–Crippen MR) is 52.3 cm³/mol. The van der Waals surface area contributed by atoms with Crippen LogP contribution in [0.5, 0.6) is 0 Å². The van der Waals surface area contributed by atoms with Crippen LogP contribution in [0.15, 0.2) is 36.0 Å². The zero-order valence-electron chi connectivity index (χ0n) is 7.46. The van der Waals surface area contributed by atoms with E-state index in [1.54, 1.807) is 12.5 Å². The fourth-order valence-corrected chi connectivity index (χ4v) is 1.32. The van der Waals surface area contributed by atoms with Crippen molar-refractivity contribution >= 4 is 11.4 Å². The van der Waals surface area contributed by atoms with Gasteiger partial charge in [0.25, 0.3) is 0 Å². The van der Waals surface area contributed by atoms with Gasteiger partial charge < -0.3 is 15.3 Å². The second-order valence-corrected chi connectivity index (χ2v) is 3.03. The standard InChI is InChI=1S/C9H10N4O/c10-9(12-14)4-7-1-2-13-6-11-5-8(13)3-7/h1-3,5-6,14H,4H2,(H2,10,12). The Balaban J connectivity index is 2.34. The first-order valence-corrected chi connectivity index (χ1v) is 4.16. The maximum absolute atomic E-state index is 8.41. The van der Waals surface area contributed by atoms with E-state index in [2.05, 4.69) is 10.1 Å². The molecule has 0 saturated heterocycles. The zero-order chi connectivity index (χ0) is 9.97. The summed E-state index contributed by atoms with van der Waals surface area (Å²) in [5.41, 5.74) is 7.39. The average molecular weight is 190 g/mol. The SMILES string of the molecule is N/C(Cc1ccn2cncc2c1)=N\O. The van der Waals surface area contributed by atoms with Gasteiger partial charge in [0, 0.05) is 12.6 Å². The Kier molecular flexibility index (Phi) is 2.06. The van der Waals surface area contributed by atoms with Crippen molar-refractivity contribution in [3.05, 3.63) is 36.4 Å². The van der Waals surface area contributed by atoms with E-state index in [-0.39, 0.29) is 5.84 Å². The molecule has 0 aromatic carbocycles. The average Bonchev–Trinajstić information content (AvgIpc) is 2.64. The summed E-state index contributed by atoms with van der Waals surface area (Å²) >= 11 is 0. The van der Waals surface area contributed by atoms with Crippen LogP contribution >= 0.6 is 0 Å². The number of fused-ring (bicyclic) bond motifs is 1. The van der Waals surface area contributed by atoms with Crippen molar-refractivity contribution < 1.29 is 5.21 Å². The number of rotatable bonds is 2. The van der Waals surface area contributed by atoms with Crippen molar-refractivity contribution in [2.45, 2.75) is 6.42 Å². The Morgan fingerprint density at radius 1 is 1.64 bits per heavy atom. The monoisotopic (exact) mass is 190 g/mol. The molecular weight excluding hydrogens is 180 g/mol. The normalized spacial score (nSPS) is 12.1. The molecule has 0 aliphatic heterocycles. The van der Waals surface area contributed by atoms with Gasteiger partial charge >= 0.3 is 0 Å². The number of hydrogen-bond donors (Lipinski definition) is 2. The Morgan fingerprint density at radius 2 is 2.50 bits per heavy atom. The Labute approximate surface area is 80.5 Å². The fourth-order valence-electron chi connectivity index (χ4n) is 1.32. The first kappa shape index (κ1) is 8.55. The number of nitrogens with two attached hydrogens (primary N) is 1. The van der Waals surface area contributed by atoms with E-state index in [0.717, 1.165) is 11.1 Å². The maximum Gasteiger partial charge on any atom is 0.143 e. The van der Waals surface area contributed by atoms with E-state index < -0.39 is 0 Å². The van der Waals surface area contributed by atoms with E-state index in [1.807, 2.05) is 22.7 Å². The molecule has 2 heterocycles. The highest BCUT2D eigenvalue weighted by Crippen LogP contribution is 2.06. The highest BCUT2D eigenvalue weighted by molar-refractivity contribution is 5.82. The number of aromatic nitrogens is 2. The van der Waals surface area contributed by atoms with Crippen molar-refractivity contribution in [2.75, 3.05) is 0 Å². The van der Waals surface area contributed by atoms with Gasteiger partial charge in [-0.1, -0.05) is 5.16 Å². The molecule has 5 nitrogen and oxygen atoms in total. The minimum atomic E-state index is 0.203. The predicted octanol–water partition coefficient (Wildman–Crippen LogP) is 0.623. The molecule has 0 fully saturated rings. The van der Waals surface area contributed by atoms with Crippen LogP contribution in [-0.4, -0.2) is 20.4 Å². The van der Waals surface area contributed by atoms with Crippen molar-refractivity contribution in [3.63, 3.8) is 0 Å². The quantitative estimate of drug-likeness (QED) is 0.315. The molecular formula is C9H10N4O. The number of pyridine rings is 1. The molecule has 0 saturated carbocycles. The van der Waals surface area contributed by atoms with Gasteiger partial charge in [-0.05, 0) is 17.7 Å². The number of nitrogens with zero attached hydrogens (tertiary/aromatic N) is 3. The van der Waals surface area contributed by atoms with Gasteiger partial charge in [0.1, 0.15) is 5.84 Å². The number of oxime groups is 1. The topological polar surface area (TPSA) is 75.9 Å². The van der Waals surface area contributed by atoms with E-state index in [9.17, 15) is 0 Å². The van der Waals surface area contributed by atoms with Gasteiger partial charge in [-0.15, -0.1) is 0 Å². The minimum Gasteiger partial charge on any atom is -0.409 e. The molecule has 0 aliphatic carbocycles. The molecule has 2 rings (SSSR count). The summed E-state index contributed by atoms with van der Waals surface area (Å²) in [6, 6.07) is 3.86. The molecule has 14 heavy (non-hydrogen) atoms. The number of hydrogen-bond acceptors (Lipinski definition) is 3. The van der Waals surface area contributed by atoms with Crippen LogP contribution in [0.25, 0.3) is 5.52 Å². The van der Waals surface area contributed by atoms with E-state index in [1.165, 1.54) is 0 Å². The molecule has 72 valence electrons. The second kappa shape index (κ2) is 3.37. The van der Waals surface area contributed by atoms with E-state index in [4.69, 9.17) is 10.9 Å². The zero-order valence-corrected chi connectivity index (χ0v) is 7.46. The van der Waals surface area contributed by atoms with Crippen molar-refractivity contribution in [1.82, 2.24) is 9.38 Å². The summed E-state index contributed by atoms with van der Waals surface area (Å²) in [5, 5.41) is 11.3. The first-order valence-electron chi connectivity index (χ1n) is 4.16. The van der Waals surface area contributed by atoms with E-state index >= 15 is 0 Å². The van der Waals surface area contributed by atoms with Gasteiger partial charge in [-0.25, -0.2) is 4.98 Å². The van der Waals surface area contributed by atoms with Gasteiger partial charge in [0.2, 0.25) is 0 Å². The Hall–Kier alpha value is -2.04. The number of amidine groups is 1. The lowest BCUT2D eigenvalue weighted by Crippen LogP contribution is -2.14. The van der Waals surface area contributed by atoms with Crippen LogP contribution in [0.2, 0.25) is 0 Å². The summed E-state index contributed by atoms with van der Waals surface area (Å²) in [4.78, 5) is 3.99. The van der Waals surface area contributed by atoms with Crippen LogP contribution in [0.1, 0.15) is 5.56 Å². The fraction of sp³-hybridized carbons (Fsp3) is 0.111. The van der Waals surface area contributed by atoms with Gasteiger partial charge in [-0.2, -0.15) is 0 Å². The highest BCUT2D eigenvalue weighted by Gasteiger charge is 1.99. The molecule has 2 aromatic rings.